The van der Waals surface area contributed by atoms with Gasteiger partial charge in [-0.3, -0.25) is 10.0 Å². The average molecular weight is 374 g/mol. The summed E-state index contributed by atoms with van der Waals surface area (Å²) in [7, 11) is 3.43. The van der Waals surface area contributed by atoms with Crippen molar-refractivity contribution < 1.29 is 14.7 Å². The van der Waals surface area contributed by atoms with Crippen molar-refractivity contribution in [2.75, 3.05) is 19.1 Å². The Bertz CT molecular complexity index is 1100. The Hall–Kier alpha value is -3.89. The number of benzene rings is 2. The molecule has 7 nitrogen and oxygen atoms in total. The number of nitrogens with one attached hydrogen (secondary N) is 1. The molecule has 0 atom stereocenters. The molecule has 2 aromatic carbocycles. The van der Waals surface area contributed by atoms with Crippen molar-refractivity contribution >= 4 is 34.3 Å². The fraction of sp³-hybridized carbons (Fsp3) is 0.0952. The maximum Gasteiger partial charge on any atom is 0.267 e. The number of hydroxylamine groups is 1. The van der Waals surface area contributed by atoms with Crippen LogP contribution in [0.25, 0.3) is 17.0 Å². The van der Waals surface area contributed by atoms with Crippen molar-refractivity contribution in [3.63, 3.8) is 0 Å². The van der Waals surface area contributed by atoms with Crippen molar-refractivity contribution in [1.29, 1.82) is 5.26 Å². The monoisotopic (exact) mass is 374 g/mol. The van der Waals surface area contributed by atoms with Crippen LogP contribution in [0.5, 0.6) is 5.75 Å². The second-order valence-electron chi connectivity index (χ2n) is 5.95. The number of anilines is 2. The number of pyridine rings is 1. The molecule has 1 amide bonds. The summed E-state index contributed by atoms with van der Waals surface area (Å²) in [6, 6.07) is 17.0. The highest BCUT2D eigenvalue weighted by molar-refractivity contribution is 5.95. The van der Waals surface area contributed by atoms with Gasteiger partial charge in [0.05, 0.1) is 18.3 Å². The Balaban J connectivity index is 2.09. The minimum absolute atomic E-state index is 0.328. The molecule has 0 aliphatic carbocycles. The Morgan fingerprint density at radius 3 is 2.79 bits per heavy atom. The molecule has 3 aromatic rings. The highest BCUT2D eigenvalue weighted by Gasteiger charge is 2.13. The van der Waals surface area contributed by atoms with E-state index in [1.165, 1.54) is 13.2 Å². The average Bonchev–Trinajstić information content (AvgIpc) is 2.75. The lowest BCUT2D eigenvalue weighted by Crippen LogP contribution is -2.15. The summed E-state index contributed by atoms with van der Waals surface area (Å²) in [5.41, 5.74) is 4.93. The summed E-state index contributed by atoms with van der Waals surface area (Å²) in [4.78, 5) is 17.6. The third-order valence-electron chi connectivity index (χ3n) is 4.30. The molecular weight excluding hydrogens is 356 g/mol. The van der Waals surface area contributed by atoms with Crippen LogP contribution in [0.2, 0.25) is 0 Å². The van der Waals surface area contributed by atoms with Crippen molar-refractivity contribution in [3.05, 3.63) is 65.9 Å². The van der Waals surface area contributed by atoms with E-state index in [0.717, 1.165) is 22.3 Å². The van der Waals surface area contributed by atoms with Crippen LogP contribution in [0.1, 0.15) is 11.3 Å². The van der Waals surface area contributed by atoms with Gasteiger partial charge in [0.15, 0.2) is 0 Å². The van der Waals surface area contributed by atoms with Crippen molar-refractivity contribution in [2.24, 2.45) is 0 Å². The molecule has 2 N–H and O–H groups in total. The van der Waals surface area contributed by atoms with Crippen LogP contribution >= 0.6 is 0 Å². The number of fused-ring (bicyclic) bond motifs is 1. The number of nitriles is 1. The number of ether oxygens (including phenoxy) is 1. The van der Waals surface area contributed by atoms with Gasteiger partial charge >= 0.3 is 0 Å². The summed E-state index contributed by atoms with van der Waals surface area (Å²) in [6.07, 6.45) is 2.75. The fourth-order valence-corrected chi connectivity index (χ4v) is 2.89. The van der Waals surface area contributed by atoms with Gasteiger partial charge in [0.2, 0.25) is 0 Å². The Kier molecular flexibility index (Phi) is 5.53. The predicted octanol–water partition coefficient (Wildman–Crippen LogP) is 3.40. The lowest BCUT2D eigenvalue weighted by atomic mass is 10.1. The van der Waals surface area contributed by atoms with Crippen LogP contribution in [0, 0.1) is 11.3 Å². The van der Waals surface area contributed by atoms with E-state index in [9.17, 15) is 10.1 Å². The molecule has 0 fully saturated rings. The molecule has 7 heteroatoms. The summed E-state index contributed by atoms with van der Waals surface area (Å²) < 4.78 is 5.34. The summed E-state index contributed by atoms with van der Waals surface area (Å²) in [6.45, 7) is 0. The van der Waals surface area contributed by atoms with Crippen molar-refractivity contribution in [3.8, 4) is 11.8 Å². The van der Waals surface area contributed by atoms with Crippen molar-refractivity contribution in [1.82, 2.24) is 10.5 Å². The van der Waals surface area contributed by atoms with Gasteiger partial charge in [-0.25, -0.2) is 10.5 Å². The maximum atomic E-state index is 11.3. The molecule has 1 heterocycles. The van der Waals surface area contributed by atoms with E-state index >= 15 is 0 Å². The molecule has 0 unspecified atom stereocenters. The van der Waals surface area contributed by atoms with Gasteiger partial charge in [-0.15, -0.1) is 0 Å². The quantitative estimate of drug-likeness (QED) is 0.403. The van der Waals surface area contributed by atoms with E-state index in [-0.39, 0.29) is 0 Å². The first-order valence-electron chi connectivity index (χ1n) is 8.41. The molecule has 0 saturated carbocycles. The summed E-state index contributed by atoms with van der Waals surface area (Å²) in [5.74, 6) is -0.0592. The normalized spacial score (nSPS) is 10.6. The molecule has 28 heavy (non-hydrogen) atoms. The highest BCUT2D eigenvalue weighted by atomic mass is 16.5. The van der Waals surface area contributed by atoms with Crippen LogP contribution in [0.4, 0.5) is 11.4 Å². The van der Waals surface area contributed by atoms with Crippen LogP contribution in [-0.2, 0) is 4.79 Å². The number of hydrogen-bond acceptors (Lipinski definition) is 6. The van der Waals surface area contributed by atoms with Crippen molar-refractivity contribution in [2.45, 2.75) is 0 Å². The Labute approximate surface area is 162 Å². The van der Waals surface area contributed by atoms with E-state index in [1.54, 1.807) is 23.7 Å². The van der Waals surface area contributed by atoms with E-state index in [2.05, 4.69) is 11.1 Å². The minimum Gasteiger partial charge on any atom is -0.496 e. The predicted molar refractivity (Wildman–Crippen MR) is 106 cm³/mol. The summed E-state index contributed by atoms with van der Waals surface area (Å²) in [5, 5.41) is 18.9. The molecule has 0 aliphatic heterocycles. The third kappa shape index (κ3) is 3.77. The first-order valence-corrected chi connectivity index (χ1v) is 8.41. The van der Waals surface area contributed by atoms with E-state index in [0.29, 0.717) is 17.0 Å². The SMILES string of the molecule is COc1ccc(N(C)c2cc(C#N)nc3ccccc23)cc1C=CC(=O)NO. The molecule has 0 saturated heterocycles. The topological polar surface area (TPSA) is 98.5 Å². The first kappa shape index (κ1) is 18.9. The van der Waals surface area contributed by atoms with E-state index in [4.69, 9.17) is 9.94 Å². The molecule has 0 radical (unpaired) electrons. The van der Waals surface area contributed by atoms with Gasteiger partial charge < -0.3 is 9.64 Å². The number of rotatable bonds is 5. The van der Waals surface area contributed by atoms with Crippen LogP contribution in [0.3, 0.4) is 0 Å². The molecule has 140 valence electrons. The van der Waals surface area contributed by atoms with E-state index < -0.39 is 5.91 Å². The highest BCUT2D eigenvalue weighted by Crippen LogP contribution is 2.33. The van der Waals surface area contributed by atoms with Gasteiger partial charge in [0.1, 0.15) is 17.5 Å². The van der Waals surface area contributed by atoms with Crippen LogP contribution < -0.4 is 15.1 Å². The molecule has 0 bridgehead atoms. The number of nitrogens with zero attached hydrogens (tertiary/aromatic N) is 3. The minimum atomic E-state index is -0.639. The number of methoxy groups -OCH3 is 1. The van der Waals surface area contributed by atoms with Gasteiger partial charge in [-0.05, 0) is 36.4 Å². The summed E-state index contributed by atoms with van der Waals surface area (Å²) >= 11 is 0. The third-order valence-corrected chi connectivity index (χ3v) is 4.30. The zero-order valence-electron chi connectivity index (χ0n) is 15.4. The fourth-order valence-electron chi connectivity index (χ4n) is 2.89. The lowest BCUT2D eigenvalue weighted by Gasteiger charge is -2.22. The second kappa shape index (κ2) is 8.20. The zero-order valence-corrected chi connectivity index (χ0v) is 15.4. The number of amides is 1. The number of para-hydroxylation sites is 1. The van der Waals surface area contributed by atoms with Crippen LogP contribution in [-0.4, -0.2) is 30.3 Å². The zero-order chi connectivity index (χ0) is 20.1. The van der Waals surface area contributed by atoms with E-state index in [1.807, 2.05) is 48.3 Å². The van der Waals surface area contributed by atoms with Gasteiger partial charge in [0.25, 0.3) is 5.91 Å². The van der Waals surface area contributed by atoms with Gasteiger partial charge in [0, 0.05) is 29.8 Å². The molecule has 3 rings (SSSR count). The largest absolute Gasteiger partial charge is 0.496 e. The molecular formula is C21H18N4O3. The molecule has 1 aromatic heterocycles. The standard InChI is InChI=1S/C21H18N4O3/c1-25(19-12-15(13-22)23-18-6-4-3-5-17(18)19)16-8-9-20(28-2)14(11-16)7-10-21(26)24-27/h3-12,27H,1-2H3,(H,24,26). The smallest absolute Gasteiger partial charge is 0.267 e. The number of carbonyl (C=O) groups excluding carboxylic acids is 1. The molecule has 0 aliphatic rings. The second-order valence-corrected chi connectivity index (χ2v) is 5.95. The maximum absolute atomic E-state index is 11.3. The van der Waals surface area contributed by atoms with Gasteiger partial charge in [-0.2, -0.15) is 5.26 Å². The van der Waals surface area contributed by atoms with Crippen LogP contribution in [0.15, 0.2) is 54.6 Å². The molecule has 0 spiro atoms. The lowest BCUT2D eigenvalue weighted by molar-refractivity contribution is -0.124. The Morgan fingerprint density at radius 2 is 2.07 bits per heavy atom. The number of aromatic nitrogens is 1. The van der Waals surface area contributed by atoms with Gasteiger partial charge in [-0.1, -0.05) is 18.2 Å². The number of carbonyl (C=O) groups is 1. The number of hydrogen-bond donors (Lipinski definition) is 2. The Morgan fingerprint density at radius 1 is 1.29 bits per heavy atom. The first-order chi connectivity index (χ1) is 13.6.